The van der Waals surface area contributed by atoms with E-state index < -0.39 is 5.41 Å². The van der Waals surface area contributed by atoms with Gasteiger partial charge in [0.25, 0.3) is 0 Å². The zero-order valence-electron chi connectivity index (χ0n) is 25.9. The van der Waals surface area contributed by atoms with Crippen LogP contribution in [-0.4, -0.2) is 9.97 Å². The molecule has 0 bridgehead atoms. The number of fused-ring (bicyclic) bond motifs is 2. The predicted octanol–water partition coefficient (Wildman–Crippen LogP) is 10.6. The van der Waals surface area contributed by atoms with Crippen molar-refractivity contribution in [1.29, 1.82) is 0 Å². The zero-order valence-corrected chi connectivity index (χ0v) is 25.9. The molecular formula is C43H33N3. The maximum Gasteiger partial charge on any atom is 0.109 e. The Kier molecular flexibility index (Phi) is 6.80. The second-order valence-corrected chi connectivity index (χ2v) is 11.9. The van der Waals surface area contributed by atoms with Crippen LogP contribution in [0.4, 0.5) is 17.1 Å². The molecule has 0 fully saturated rings. The Morgan fingerprint density at radius 2 is 0.848 bits per heavy atom. The number of anilines is 3. The van der Waals surface area contributed by atoms with Gasteiger partial charge in [-0.2, -0.15) is 0 Å². The zero-order chi connectivity index (χ0) is 31.1. The molecule has 0 saturated heterocycles. The Balaban J connectivity index is 1.49. The number of rotatable bonds is 5. The van der Waals surface area contributed by atoms with Crippen LogP contribution in [0.5, 0.6) is 0 Å². The Hall–Kier alpha value is -5.80. The first-order valence-corrected chi connectivity index (χ1v) is 15.8. The molecule has 0 radical (unpaired) electrons. The van der Waals surface area contributed by atoms with E-state index in [1.165, 1.54) is 11.1 Å². The molecule has 46 heavy (non-hydrogen) atoms. The average Bonchev–Trinajstić information content (AvgIpc) is 3.11. The summed E-state index contributed by atoms with van der Waals surface area (Å²) in [4.78, 5) is 13.4. The van der Waals surface area contributed by atoms with E-state index in [0.29, 0.717) is 0 Å². The summed E-state index contributed by atoms with van der Waals surface area (Å²) in [6.07, 6.45) is 0. The smallest absolute Gasteiger partial charge is 0.109 e. The summed E-state index contributed by atoms with van der Waals surface area (Å²) in [5, 5.41) is 0. The number of hydrogen-bond donors (Lipinski definition) is 0. The number of pyridine rings is 2. The maximum atomic E-state index is 5.53. The van der Waals surface area contributed by atoms with E-state index in [2.05, 4.69) is 183 Å². The minimum atomic E-state index is -0.796. The standard InChI is InChI=1S/C43H33N3/c1-30-16-6-8-20-33(30)37-24-14-28-41(44-37)43(42-29-15-25-38(45-42)34-21-9-7-17-31(34)2)35-22-10-12-26-39(35)46(32-18-4-3-5-19-32)40-27-13-11-23-36(40)43/h3-29H,1-2H3. The monoisotopic (exact) mass is 591 g/mol. The first kappa shape index (κ1) is 27.7. The number of para-hydroxylation sites is 3. The Labute approximate surface area is 270 Å². The van der Waals surface area contributed by atoms with Gasteiger partial charge in [0, 0.05) is 16.8 Å². The van der Waals surface area contributed by atoms with E-state index in [4.69, 9.17) is 9.97 Å². The normalized spacial score (nSPS) is 13.1. The van der Waals surface area contributed by atoms with Crippen molar-refractivity contribution in [3.05, 3.63) is 197 Å². The third kappa shape index (κ3) is 4.35. The lowest BCUT2D eigenvalue weighted by molar-refractivity contribution is 0.679. The van der Waals surface area contributed by atoms with Crippen molar-refractivity contribution in [2.24, 2.45) is 0 Å². The van der Waals surface area contributed by atoms with E-state index in [0.717, 1.165) is 62.1 Å². The molecule has 0 saturated carbocycles. The highest BCUT2D eigenvalue weighted by Gasteiger charge is 2.48. The molecule has 8 rings (SSSR count). The molecule has 7 aromatic rings. The van der Waals surface area contributed by atoms with Gasteiger partial charge in [-0.25, -0.2) is 0 Å². The molecule has 0 amide bonds. The second kappa shape index (κ2) is 11.3. The summed E-state index contributed by atoms with van der Waals surface area (Å²) in [7, 11) is 0. The quantitative estimate of drug-likeness (QED) is 0.199. The topological polar surface area (TPSA) is 29.0 Å². The lowest BCUT2D eigenvalue weighted by atomic mass is 9.65. The highest BCUT2D eigenvalue weighted by Crippen LogP contribution is 2.57. The Morgan fingerprint density at radius 3 is 1.35 bits per heavy atom. The van der Waals surface area contributed by atoms with Gasteiger partial charge in [0.2, 0.25) is 0 Å². The Bertz CT molecular complexity index is 2060. The lowest BCUT2D eigenvalue weighted by Crippen LogP contribution is -2.39. The van der Waals surface area contributed by atoms with Gasteiger partial charge >= 0.3 is 0 Å². The SMILES string of the molecule is Cc1ccccc1-c1cccc(C2(c3cccc(-c4ccccc4C)n3)c3ccccc3N(c3ccccc3)c3ccccc32)n1. The molecule has 2 aromatic heterocycles. The summed E-state index contributed by atoms with van der Waals surface area (Å²) in [5.74, 6) is 0. The number of aryl methyl sites for hydroxylation is 2. The first-order chi connectivity index (χ1) is 22.7. The van der Waals surface area contributed by atoms with E-state index in [9.17, 15) is 0 Å². The fraction of sp³-hybridized carbons (Fsp3) is 0.0698. The predicted molar refractivity (Wildman–Crippen MR) is 189 cm³/mol. The van der Waals surface area contributed by atoms with E-state index in [1.807, 2.05) is 0 Å². The van der Waals surface area contributed by atoms with Gasteiger partial charge in [0.05, 0.1) is 34.2 Å². The van der Waals surface area contributed by atoms with Gasteiger partial charge in [0.15, 0.2) is 0 Å². The minimum absolute atomic E-state index is 0.796. The van der Waals surface area contributed by atoms with Crippen LogP contribution in [-0.2, 0) is 5.41 Å². The van der Waals surface area contributed by atoms with Crippen LogP contribution in [0, 0.1) is 13.8 Å². The molecular weight excluding hydrogens is 558 g/mol. The van der Waals surface area contributed by atoms with Crippen molar-refractivity contribution in [2.45, 2.75) is 19.3 Å². The van der Waals surface area contributed by atoms with E-state index >= 15 is 0 Å². The average molecular weight is 592 g/mol. The van der Waals surface area contributed by atoms with Crippen molar-refractivity contribution in [2.75, 3.05) is 4.90 Å². The highest BCUT2D eigenvalue weighted by atomic mass is 15.2. The molecule has 0 spiro atoms. The van der Waals surface area contributed by atoms with Gasteiger partial charge in [0.1, 0.15) is 5.41 Å². The first-order valence-electron chi connectivity index (χ1n) is 15.8. The minimum Gasteiger partial charge on any atom is -0.310 e. The van der Waals surface area contributed by atoms with E-state index in [1.54, 1.807) is 0 Å². The molecule has 0 atom stereocenters. The second-order valence-electron chi connectivity index (χ2n) is 11.9. The van der Waals surface area contributed by atoms with Crippen molar-refractivity contribution < 1.29 is 0 Å². The van der Waals surface area contributed by atoms with Crippen LogP contribution in [0.2, 0.25) is 0 Å². The van der Waals surface area contributed by atoms with Gasteiger partial charge in [-0.15, -0.1) is 0 Å². The van der Waals surface area contributed by atoms with Crippen LogP contribution in [0.15, 0.2) is 164 Å². The molecule has 3 heterocycles. The fourth-order valence-electron chi connectivity index (χ4n) is 7.09. The molecule has 3 heteroatoms. The van der Waals surface area contributed by atoms with Crippen LogP contribution < -0.4 is 4.90 Å². The molecule has 5 aromatic carbocycles. The van der Waals surface area contributed by atoms with Gasteiger partial charge < -0.3 is 4.90 Å². The number of benzene rings is 5. The number of aromatic nitrogens is 2. The molecule has 3 nitrogen and oxygen atoms in total. The summed E-state index contributed by atoms with van der Waals surface area (Å²) < 4.78 is 0. The fourth-order valence-corrected chi connectivity index (χ4v) is 7.09. The van der Waals surface area contributed by atoms with Gasteiger partial charge in [-0.05, 0) is 84.6 Å². The molecule has 1 aliphatic heterocycles. The van der Waals surface area contributed by atoms with Crippen molar-refractivity contribution in [3.63, 3.8) is 0 Å². The molecule has 220 valence electrons. The summed E-state index contributed by atoms with van der Waals surface area (Å²) >= 11 is 0. The van der Waals surface area contributed by atoms with Crippen LogP contribution in [0.3, 0.4) is 0 Å². The van der Waals surface area contributed by atoms with Crippen molar-refractivity contribution >= 4 is 17.1 Å². The van der Waals surface area contributed by atoms with Crippen molar-refractivity contribution in [1.82, 2.24) is 9.97 Å². The highest BCUT2D eigenvalue weighted by molar-refractivity contribution is 5.89. The van der Waals surface area contributed by atoms with Crippen LogP contribution >= 0.6 is 0 Å². The van der Waals surface area contributed by atoms with Gasteiger partial charge in [-0.3, -0.25) is 9.97 Å². The number of hydrogen-bond acceptors (Lipinski definition) is 3. The van der Waals surface area contributed by atoms with Gasteiger partial charge in [-0.1, -0.05) is 115 Å². The Morgan fingerprint density at radius 1 is 0.413 bits per heavy atom. The van der Waals surface area contributed by atoms with Crippen molar-refractivity contribution in [3.8, 4) is 22.5 Å². The van der Waals surface area contributed by atoms with Crippen LogP contribution in [0.25, 0.3) is 22.5 Å². The summed E-state index contributed by atoms with van der Waals surface area (Å²) in [6, 6.07) is 57.9. The maximum absolute atomic E-state index is 5.53. The summed E-state index contributed by atoms with van der Waals surface area (Å²) in [6.45, 7) is 4.30. The summed E-state index contributed by atoms with van der Waals surface area (Å²) in [5.41, 5.74) is 13.2. The number of nitrogens with zero attached hydrogens (tertiary/aromatic N) is 3. The third-order valence-corrected chi connectivity index (χ3v) is 9.22. The lowest BCUT2D eigenvalue weighted by Gasteiger charge is -2.45. The largest absolute Gasteiger partial charge is 0.310 e. The van der Waals surface area contributed by atoms with Crippen LogP contribution in [0.1, 0.15) is 33.6 Å². The third-order valence-electron chi connectivity index (χ3n) is 9.22. The van der Waals surface area contributed by atoms with E-state index in [-0.39, 0.29) is 0 Å². The molecule has 0 aliphatic carbocycles. The molecule has 1 aliphatic rings. The molecule has 0 N–H and O–H groups in total. The molecule has 0 unspecified atom stereocenters.